The van der Waals surface area contributed by atoms with Crippen LogP contribution < -0.4 is 10.2 Å². The number of hydrogen-bond donors (Lipinski definition) is 1. The molecule has 2 aliphatic rings. The molecule has 2 fully saturated rings. The van der Waals surface area contributed by atoms with Gasteiger partial charge < -0.3 is 10.2 Å². The predicted octanol–water partition coefficient (Wildman–Crippen LogP) is 2.43. The fourth-order valence-electron chi connectivity index (χ4n) is 2.34. The number of nitrogens with zero attached hydrogens (tertiary/aromatic N) is 3. The molecule has 0 spiro atoms. The molecular formula is C13H20N4. The minimum atomic E-state index is 0.655. The Morgan fingerprint density at radius 1 is 1.06 bits per heavy atom. The summed E-state index contributed by atoms with van der Waals surface area (Å²) in [6.45, 7) is 2.28. The van der Waals surface area contributed by atoms with Gasteiger partial charge in [-0.1, -0.05) is 12.8 Å². The van der Waals surface area contributed by atoms with E-state index < -0.39 is 0 Å². The highest BCUT2D eigenvalue weighted by molar-refractivity contribution is 5.49. The van der Waals surface area contributed by atoms with Gasteiger partial charge in [0.05, 0.1) is 0 Å². The van der Waals surface area contributed by atoms with Crippen LogP contribution in [0.15, 0.2) is 12.4 Å². The van der Waals surface area contributed by atoms with Crippen LogP contribution in [-0.4, -0.2) is 29.1 Å². The Balaban J connectivity index is 1.71. The summed E-state index contributed by atoms with van der Waals surface area (Å²) >= 11 is 0. The minimum Gasteiger partial charge on any atom is -0.367 e. The van der Waals surface area contributed by atoms with Gasteiger partial charge in [-0.15, -0.1) is 0 Å². The highest BCUT2D eigenvalue weighted by Gasteiger charge is 2.21. The lowest BCUT2D eigenvalue weighted by atomic mass is 10.2. The van der Waals surface area contributed by atoms with Crippen molar-refractivity contribution in [3.8, 4) is 0 Å². The Bertz CT molecular complexity index is 367. The third-order valence-corrected chi connectivity index (χ3v) is 3.51. The third kappa shape index (κ3) is 2.87. The van der Waals surface area contributed by atoms with Gasteiger partial charge in [0.25, 0.3) is 0 Å². The summed E-state index contributed by atoms with van der Waals surface area (Å²) < 4.78 is 0. The molecule has 1 saturated carbocycles. The zero-order valence-corrected chi connectivity index (χ0v) is 10.2. The molecule has 0 aromatic carbocycles. The summed E-state index contributed by atoms with van der Waals surface area (Å²) in [5, 5.41) is 3.43. The summed E-state index contributed by atoms with van der Waals surface area (Å²) in [6, 6.07) is 2.76. The molecule has 0 atom stereocenters. The largest absolute Gasteiger partial charge is 0.367 e. The quantitative estimate of drug-likeness (QED) is 0.869. The van der Waals surface area contributed by atoms with Crippen LogP contribution in [0.5, 0.6) is 0 Å². The molecule has 1 saturated heterocycles. The van der Waals surface area contributed by atoms with Crippen molar-refractivity contribution in [1.82, 2.24) is 9.97 Å². The summed E-state index contributed by atoms with van der Waals surface area (Å²) in [5.74, 6) is 2.08. The van der Waals surface area contributed by atoms with Gasteiger partial charge >= 0.3 is 0 Å². The molecule has 1 aromatic heterocycles. The molecule has 1 N–H and O–H groups in total. The monoisotopic (exact) mass is 232 g/mol. The second-order valence-corrected chi connectivity index (χ2v) is 5.08. The van der Waals surface area contributed by atoms with Crippen molar-refractivity contribution in [2.45, 2.75) is 44.6 Å². The molecule has 4 heteroatoms. The molecule has 3 rings (SSSR count). The van der Waals surface area contributed by atoms with Gasteiger partial charge in [0, 0.05) is 25.2 Å². The second kappa shape index (κ2) is 4.90. The number of nitrogens with one attached hydrogen (secondary N) is 1. The van der Waals surface area contributed by atoms with Crippen LogP contribution in [0.4, 0.5) is 11.6 Å². The molecule has 2 heterocycles. The van der Waals surface area contributed by atoms with Gasteiger partial charge in [-0.05, 0) is 25.7 Å². The summed E-state index contributed by atoms with van der Waals surface area (Å²) in [6.07, 6.45) is 9.53. The van der Waals surface area contributed by atoms with E-state index in [1.165, 1.54) is 38.5 Å². The lowest BCUT2D eigenvalue weighted by molar-refractivity contribution is 0.726. The zero-order valence-electron chi connectivity index (χ0n) is 10.2. The maximum atomic E-state index is 4.41. The Morgan fingerprint density at radius 2 is 1.82 bits per heavy atom. The van der Waals surface area contributed by atoms with Crippen LogP contribution in [0.25, 0.3) is 0 Å². The normalized spacial score (nSPS) is 21.1. The molecule has 0 radical (unpaired) electrons. The average molecular weight is 232 g/mol. The Kier molecular flexibility index (Phi) is 3.12. The first-order valence-corrected chi connectivity index (χ1v) is 6.75. The first kappa shape index (κ1) is 10.8. The van der Waals surface area contributed by atoms with Crippen molar-refractivity contribution in [2.75, 3.05) is 23.3 Å². The average Bonchev–Trinajstić information content (AvgIpc) is 3.15. The lowest BCUT2D eigenvalue weighted by Gasteiger charge is -2.21. The number of aromatic nitrogens is 2. The molecule has 1 aliphatic heterocycles. The van der Waals surface area contributed by atoms with Gasteiger partial charge in [-0.25, -0.2) is 9.97 Å². The van der Waals surface area contributed by atoms with E-state index >= 15 is 0 Å². The van der Waals surface area contributed by atoms with Gasteiger partial charge in [0.15, 0.2) is 0 Å². The van der Waals surface area contributed by atoms with E-state index in [-0.39, 0.29) is 0 Å². The first-order valence-electron chi connectivity index (χ1n) is 6.75. The Morgan fingerprint density at radius 3 is 2.53 bits per heavy atom. The molecule has 4 nitrogen and oxygen atoms in total. The molecule has 1 aromatic rings. The van der Waals surface area contributed by atoms with Gasteiger partial charge in [-0.2, -0.15) is 0 Å². The molecule has 0 unspecified atom stereocenters. The fraction of sp³-hybridized carbons (Fsp3) is 0.692. The summed E-state index contributed by atoms with van der Waals surface area (Å²) in [4.78, 5) is 11.1. The molecule has 1 aliphatic carbocycles. The lowest BCUT2D eigenvalue weighted by Crippen LogP contribution is -2.25. The van der Waals surface area contributed by atoms with Crippen LogP contribution in [0.2, 0.25) is 0 Å². The van der Waals surface area contributed by atoms with E-state index in [1.807, 2.05) is 0 Å². The summed E-state index contributed by atoms with van der Waals surface area (Å²) in [5.41, 5.74) is 0. The van der Waals surface area contributed by atoms with E-state index in [9.17, 15) is 0 Å². The molecule has 92 valence electrons. The Hall–Kier alpha value is -1.32. The highest BCUT2D eigenvalue weighted by atomic mass is 15.2. The molecular weight excluding hydrogens is 212 g/mol. The topological polar surface area (TPSA) is 41.1 Å². The molecule has 17 heavy (non-hydrogen) atoms. The first-order chi connectivity index (χ1) is 8.42. The number of rotatable bonds is 3. The third-order valence-electron chi connectivity index (χ3n) is 3.51. The number of hydrogen-bond acceptors (Lipinski definition) is 4. The van der Waals surface area contributed by atoms with Crippen molar-refractivity contribution in [3.63, 3.8) is 0 Å². The second-order valence-electron chi connectivity index (χ2n) is 5.08. The fourth-order valence-corrected chi connectivity index (χ4v) is 2.34. The maximum absolute atomic E-state index is 4.41. The molecule has 0 amide bonds. The minimum absolute atomic E-state index is 0.655. The van der Waals surface area contributed by atoms with Crippen LogP contribution in [0.3, 0.4) is 0 Å². The predicted molar refractivity (Wildman–Crippen MR) is 69.4 cm³/mol. The van der Waals surface area contributed by atoms with Crippen LogP contribution in [0, 0.1) is 0 Å². The van der Waals surface area contributed by atoms with Crippen LogP contribution in [-0.2, 0) is 0 Å². The highest BCUT2D eigenvalue weighted by Crippen LogP contribution is 2.25. The van der Waals surface area contributed by atoms with E-state index in [4.69, 9.17) is 0 Å². The smallest absolute Gasteiger partial charge is 0.134 e. The standard InChI is InChI=1S/C13H20N4/c1-2-4-8-17(7-3-1)13-9-12(14-10-15-13)16-11-5-6-11/h9-11H,1-8H2,(H,14,15,16). The van der Waals surface area contributed by atoms with Crippen LogP contribution >= 0.6 is 0 Å². The van der Waals surface area contributed by atoms with Crippen molar-refractivity contribution < 1.29 is 0 Å². The van der Waals surface area contributed by atoms with E-state index in [1.54, 1.807) is 6.33 Å². The zero-order chi connectivity index (χ0) is 11.5. The number of anilines is 2. The summed E-state index contributed by atoms with van der Waals surface area (Å²) in [7, 11) is 0. The van der Waals surface area contributed by atoms with Crippen molar-refractivity contribution in [1.29, 1.82) is 0 Å². The Labute approximate surface area is 102 Å². The van der Waals surface area contributed by atoms with Crippen LogP contribution in [0.1, 0.15) is 38.5 Å². The van der Waals surface area contributed by atoms with Crippen molar-refractivity contribution in [3.05, 3.63) is 12.4 Å². The van der Waals surface area contributed by atoms with E-state index in [2.05, 4.69) is 26.3 Å². The SMILES string of the molecule is c1nc(NC2CC2)cc(N2CCCCCC2)n1. The van der Waals surface area contributed by atoms with Crippen molar-refractivity contribution in [2.24, 2.45) is 0 Å². The van der Waals surface area contributed by atoms with Gasteiger partial charge in [0.1, 0.15) is 18.0 Å². The maximum Gasteiger partial charge on any atom is 0.134 e. The van der Waals surface area contributed by atoms with Gasteiger partial charge in [-0.3, -0.25) is 0 Å². The van der Waals surface area contributed by atoms with Gasteiger partial charge in [0.2, 0.25) is 0 Å². The van der Waals surface area contributed by atoms with Crippen molar-refractivity contribution >= 4 is 11.6 Å². The molecule has 0 bridgehead atoms. The van der Waals surface area contributed by atoms with E-state index in [0.717, 1.165) is 24.7 Å². The van der Waals surface area contributed by atoms with E-state index in [0.29, 0.717) is 6.04 Å².